The molecule has 2 atom stereocenters. The Morgan fingerprint density at radius 1 is 1.63 bits per heavy atom. The Labute approximate surface area is 112 Å². The van der Waals surface area contributed by atoms with Crippen molar-refractivity contribution >= 4 is 5.91 Å². The molecule has 2 unspecified atom stereocenters. The number of rotatable bonds is 5. The van der Waals surface area contributed by atoms with Gasteiger partial charge in [-0.1, -0.05) is 6.07 Å². The first kappa shape index (κ1) is 15.0. The number of ether oxygens (including phenoxy) is 1. The fourth-order valence-electron chi connectivity index (χ4n) is 1.58. The molecule has 1 aromatic rings. The lowest BCUT2D eigenvalue weighted by molar-refractivity contribution is -0.122. The van der Waals surface area contributed by atoms with Crippen LogP contribution in [-0.2, 0) is 4.79 Å². The van der Waals surface area contributed by atoms with Crippen LogP contribution in [0.25, 0.3) is 0 Å². The van der Waals surface area contributed by atoms with Crippen LogP contribution in [0.15, 0.2) is 18.2 Å². The molecule has 5 heteroatoms. The second kappa shape index (κ2) is 6.76. The summed E-state index contributed by atoms with van der Waals surface area (Å²) in [4.78, 5) is 11.7. The topological polar surface area (TPSA) is 64.4 Å². The molecule has 0 aromatic heterocycles. The number of nitrogens with two attached hydrogens (primary N) is 1. The minimum absolute atomic E-state index is 0.159. The van der Waals surface area contributed by atoms with E-state index in [4.69, 9.17) is 16.9 Å². The van der Waals surface area contributed by atoms with Crippen LogP contribution in [-0.4, -0.2) is 19.1 Å². The molecular weight excluding hydrogens is 247 g/mol. The van der Waals surface area contributed by atoms with E-state index in [1.54, 1.807) is 13.0 Å². The van der Waals surface area contributed by atoms with Gasteiger partial charge in [-0.2, -0.15) is 0 Å². The highest BCUT2D eigenvalue weighted by Crippen LogP contribution is 2.21. The molecule has 4 nitrogen and oxygen atoms in total. The Balaban J connectivity index is 2.73. The summed E-state index contributed by atoms with van der Waals surface area (Å²) in [6, 6.07) is 3.39. The summed E-state index contributed by atoms with van der Waals surface area (Å²) in [5.41, 5.74) is 6.21. The van der Waals surface area contributed by atoms with Crippen molar-refractivity contribution in [1.82, 2.24) is 5.32 Å². The Kier molecular flexibility index (Phi) is 5.34. The molecule has 19 heavy (non-hydrogen) atoms. The fraction of sp³-hybridized carbons (Fsp3) is 0.357. The molecule has 3 N–H and O–H groups in total. The quantitative estimate of drug-likeness (QED) is 0.789. The average molecular weight is 264 g/mol. The van der Waals surface area contributed by atoms with E-state index in [2.05, 4.69) is 11.2 Å². The van der Waals surface area contributed by atoms with Gasteiger partial charge in [0.05, 0.1) is 19.2 Å². The van der Waals surface area contributed by atoms with Gasteiger partial charge in [-0.3, -0.25) is 4.79 Å². The molecule has 0 saturated carbocycles. The second-order valence-electron chi connectivity index (χ2n) is 4.14. The molecule has 0 aliphatic rings. The summed E-state index contributed by atoms with van der Waals surface area (Å²) in [6.45, 7) is 1.74. The number of benzene rings is 1. The van der Waals surface area contributed by atoms with Crippen LogP contribution in [0.4, 0.5) is 4.39 Å². The lowest BCUT2D eigenvalue weighted by Gasteiger charge is -2.17. The van der Waals surface area contributed by atoms with Crippen LogP contribution < -0.4 is 15.8 Å². The maximum Gasteiger partial charge on any atom is 0.238 e. The standard InChI is InChI=1S/C14H17FN2O2/c1-4-5-12(16)14(18)17-9(2)10-6-7-13(19-3)11(15)8-10/h1,6-9,12H,5,16H2,2-3H3,(H,17,18). The maximum absolute atomic E-state index is 13.5. The molecular formula is C14H17FN2O2. The normalized spacial score (nSPS) is 13.2. The first-order valence-electron chi connectivity index (χ1n) is 5.82. The van der Waals surface area contributed by atoms with Gasteiger partial charge in [0.2, 0.25) is 5.91 Å². The number of methoxy groups -OCH3 is 1. The Morgan fingerprint density at radius 2 is 2.32 bits per heavy atom. The summed E-state index contributed by atoms with van der Waals surface area (Å²) in [5.74, 6) is 1.64. The Hall–Kier alpha value is -2.06. The predicted molar refractivity (Wildman–Crippen MR) is 70.9 cm³/mol. The third-order valence-corrected chi connectivity index (χ3v) is 2.71. The third kappa shape index (κ3) is 3.97. The van der Waals surface area contributed by atoms with Gasteiger partial charge in [0.15, 0.2) is 11.6 Å². The van der Waals surface area contributed by atoms with Crippen LogP contribution in [0.3, 0.4) is 0 Å². The van der Waals surface area contributed by atoms with Crippen LogP contribution in [0, 0.1) is 18.2 Å². The summed E-state index contributed by atoms with van der Waals surface area (Å²) in [5, 5.41) is 2.68. The van der Waals surface area contributed by atoms with Crippen LogP contribution >= 0.6 is 0 Å². The third-order valence-electron chi connectivity index (χ3n) is 2.71. The Morgan fingerprint density at radius 3 is 2.84 bits per heavy atom. The number of carbonyl (C=O) groups is 1. The van der Waals surface area contributed by atoms with Gasteiger partial charge in [0, 0.05) is 6.42 Å². The summed E-state index contributed by atoms with van der Waals surface area (Å²) in [6.07, 6.45) is 5.25. The van der Waals surface area contributed by atoms with Crippen LogP contribution in [0.5, 0.6) is 5.75 Å². The number of carbonyl (C=O) groups excluding carboxylic acids is 1. The van der Waals surface area contributed by atoms with E-state index in [0.717, 1.165) is 0 Å². The monoisotopic (exact) mass is 264 g/mol. The molecule has 0 radical (unpaired) electrons. The predicted octanol–water partition coefficient (Wildman–Crippen LogP) is 1.36. The van der Waals surface area contributed by atoms with E-state index in [1.165, 1.54) is 19.2 Å². The van der Waals surface area contributed by atoms with Gasteiger partial charge in [0.25, 0.3) is 0 Å². The highest BCUT2D eigenvalue weighted by molar-refractivity contribution is 5.82. The van der Waals surface area contributed by atoms with E-state index in [0.29, 0.717) is 5.56 Å². The van der Waals surface area contributed by atoms with Gasteiger partial charge >= 0.3 is 0 Å². The van der Waals surface area contributed by atoms with Gasteiger partial charge in [-0.25, -0.2) is 4.39 Å². The average Bonchev–Trinajstić information content (AvgIpc) is 2.38. The highest BCUT2D eigenvalue weighted by atomic mass is 19.1. The van der Waals surface area contributed by atoms with Gasteiger partial charge in [0.1, 0.15) is 0 Å². The summed E-state index contributed by atoms with van der Waals surface area (Å²) >= 11 is 0. The number of amides is 1. The minimum atomic E-state index is -0.754. The number of hydrogen-bond donors (Lipinski definition) is 2. The van der Waals surface area contributed by atoms with Crippen molar-refractivity contribution in [2.45, 2.75) is 25.4 Å². The van der Waals surface area contributed by atoms with Crippen molar-refractivity contribution in [2.24, 2.45) is 5.73 Å². The molecule has 1 rings (SSSR count). The number of terminal acetylenes is 1. The zero-order chi connectivity index (χ0) is 14.4. The van der Waals surface area contributed by atoms with Crippen molar-refractivity contribution < 1.29 is 13.9 Å². The first-order chi connectivity index (χ1) is 8.99. The zero-order valence-electron chi connectivity index (χ0n) is 10.9. The molecule has 0 aliphatic carbocycles. The molecule has 0 bridgehead atoms. The minimum Gasteiger partial charge on any atom is -0.494 e. The SMILES string of the molecule is C#CCC(N)C(=O)NC(C)c1ccc(OC)c(F)c1. The first-order valence-corrected chi connectivity index (χ1v) is 5.82. The molecule has 1 aromatic carbocycles. The summed E-state index contributed by atoms with van der Waals surface area (Å²) in [7, 11) is 1.39. The van der Waals surface area contributed by atoms with Crippen LogP contribution in [0.1, 0.15) is 24.9 Å². The van der Waals surface area contributed by atoms with Crippen molar-refractivity contribution in [3.8, 4) is 18.1 Å². The summed E-state index contributed by atoms with van der Waals surface area (Å²) < 4.78 is 18.4. The van der Waals surface area contributed by atoms with Gasteiger partial charge in [-0.15, -0.1) is 12.3 Å². The van der Waals surface area contributed by atoms with E-state index < -0.39 is 11.9 Å². The molecule has 1 amide bonds. The largest absolute Gasteiger partial charge is 0.494 e. The lowest BCUT2D eigenvalue weighted by Crippen LogP contribution is -2.41. The smallest absolute Gasteiger partial charge is 0.238 e. The maximum atomic E-state index is 13.5. The fourth-order valence-corrected chi connectivity index (χ4v) is 1.58. The molecule has 0 heterocycles. The molecule has 0 aliphatic heterocycles. The van der Waals surface area contributed by atoms with Crippen molar-refractivity contribution in [3.63, 3.8) is 0 Å². The lowest BCUT2D eigenvalue weighted by atomic mass is 10.1. The van der Waals surface area contributed by atoms with E-state index in [1.807, 2.05) is 0 Å². The van der Waals surface area contributed by atoms with Crippen molar-refractivity contribution in [3.05, 3.63) is 29.6 Å². The Bertz CT molecular complexity index is 497. The molecule has 102 valence electrons. The van der Waals surface area contributed by atoms with Gasteiger partial charge < -0.3 is 15.8 Å². The number of nitrogens with one attached hydrogen (secondary N) is 1. The molecule has 0 fully saturated rings. The number of hydrogen-bond acceptors (Lipinski definition) is 3. The van der Waals surface area contributed by atoms with Crippen molar-refractivity contribution in [1.29, 1.82) is 0 Å². The second-order valence-corrected chi connectivity index (χ2v) is 4.14. The molecule has 0 saturated heterocycles. The van der Waals surface area contributed by atoms with Crippen LogP contribution in [0.2, 0.25) is 0 Å². The highest BCUT2D eigenvalue weighted by Gasteiger charge is 2.16. The van der Waals surface area contributed by atoms with E-state index in [-0.39, 0.29) is 24.1 Å². The zero-order valence-corrected chi connectivity index (χ0v) is 10.9. The van der Waals surface area contributed by atoms with E-state index in [9.17, 15) is 9.18 Å². The number of halogens is 1. The van der Waals surface area contributed by atoms with E-state index >= 15 is 0 Å². The van der Waals surface area contributed by atoms with Gasteiger partial charge in [-0.05, 0) is 24.6 Å². The van der Waals surface area contributed by atoms with Crippen molar-refractivity contribution in [2.75, 3.05) is 7.11 Å². The molecule has 0 spiro atoms.